The summed E-state index contributed by atoms with van der Waals surface area (Å²) < 4.78 is 11.7. The van der Waals surface area contributed by atoms with Gasteiger partial charge in [-0.3, -0.25) is 0 Å². The summed E-state index contributed by atoms with van der Waals surface area (Å²) in [6, 6.07) is 28.0. The summed E-state index contributed by atoms with van der Waals surface area (Å²) in [5.41, 5.74) is 2.14. The van der Waals surface area contributed by atoms with Crippen molar-refractivity contribution >= 4 is 12.2 Å². The van der Waals surface area contributed by atoms with E-state index in [2.05, 4.69) is 0 Å². The summed E-state index contributed by atoms with van der Waals surface area (Å²) in [7, 11) is 0. The van der Waals surface area contributed by atoms with Gasteiger partial charge in [0.1, 0.15) is 23.0 Å². The van der Waals surface area contributed by atoms with Crippen molar-refractivity contribution in [2.75, 3.05) is 0 Å². The summed E-state index contributed by atoms with van der Waals surface area (Å²) >= 11 is 0. The van der Waals surface area contributed by atoms with E-state index in [1.807, 2.05) is 97.1 Å². The van der Waals surface area contributed by atoms with Gasteiger partial charge in [-0.1, -0.05) is 60.7 Å². The lowest BCUT2D eigenvalue weighted by Crippen LogP contribution is -1.70. The summed E-state index contributed by atoms with van der Waals surface area (Å²) in [6.45, 7) is 0. The Morgan fingerprint density at radius 1 is 0.458 bits per heavy atom. The highest BCUT2D eigenvalue weighted by molar-refractivity contribution is 5.69. The molecule has 0 amide bonds. The highest BCUT2D eigenvalue weighted by Gasteiger charge is 2.04. The Morgan fingerprint density at radius 3 is 1.29 bits per heavy atom. The molecule has 0 saturated heterocycles. The minimum absolute atomic E-state index is 0.798. The number of benzene rings is 2. The van der Waals surface area contributed by atoms with Crippen molar-refractivity contribution in [1.82, 2.24) is 0 Å². The summed E-state index contributed by atoms with van der Waals surface area (Å²) in [4.78, 5) is 0. The minimum atomic E-state index is 0.798. The molecule has 2 heteroatoms. The topological polar surface area (TPSA) is 26.3 Å². The molecule has 2 nitrogen and oxygen atoms in total. The Bertz CT molecular complexity index is 864. The molecule has 0 saturated carbocycles. The quantitative estimate of drug-likeness (QED) is 0.437. The first kappa shape index (κ1) is 14.3. The maximum Gasteiger partial charge on any atom is 0.134 e. The number of rotatable bonds is 4. The Hall–Kier alpha value is -3.26. The van der Waals surface area contributed by atoms with Crippen LogP contribution in [0.25, 0.3) is 34.8 Å². The fourth-order valence-corrected chi connectivity index (χ4v) is 2.56. The van der Waals surface area contributed by atoms with Crippen LogP contribution in [0.5, 0.6) is 0 Å². The van der Waals surface area contributed by atoms with E-state index in [1.165, 1.54) is 0 Å². The first-order valence-corrected chi connectivity index (χ1v) is 7.87. The molecule has 0 fully saturated rings. The molecule has 0 aliphatic rings. The fourth-order valence-electron chi connectivity index (χ4n) is 2.56. The predicted octanol–water partition coefficient (Wildman–Crippen LogP) is 6.38. The monoisotopic (exact) mass is 312 g/mol. The van der Waals surface area contributed by atoms with Gasteiger partial charge in [-0.05, 0) is 36.4 Å². The van der Waals surface area contributed by atoms with Gasteiger partial charge in [-0.15, -0.1) is 0 Å². The molecular formula is C22H16O2. The summed E-state index contributed by atoms with van der Waals surface area (Å²) in [5.74, 6) is 3.32. The molecule has 2 aromatic heterocycles. The van der Waals surface area contributed by atoms with Crippen LogP contribution in [0.4, 0.5) is 0 Å². The largest absolute Gasteiger partial charge is 0.457 e. The van der Waals surface area contributed by atoms with Crippen LogP contribution in [-0.4, -0.2) is 0 Å². The van der Waals surface area contributed by atoms with Crippen molar-refractivity contribution in [3.63, 3.8) is 0 Å². The summed E-state index contributed by atoms with van der Waals surface area (Å²) in [6.07, 6.45) is 3.83. The third-order valence-electron chi connectivity index (χ3n) is 3.78. The molecule has 2 heterocycles. The van der Waals surface area contributed by atoms with Crippen LogP contribution in [0.1, 0.15) is 11.5 Å². The van der Waals surface area contributed by atoms with Crippen molar-refractivity contribution in [2.45, 2.75) is 0 Å². The van der Waals surface area contributed by atoms with Gasteiger partial charge < -0.3 is 8.83 Å². The number of hydrogen-bond acceptors (Lipinski definition) is 2. The second-order valence-electron chi connectivity index (χ2n) is 5.47. The zero-order chi connectivity index (χ0) is 16.2. The second kappa shape index (κ2) is 6.47. The molecule has 0 radical (unpaired) electrons. The van der Waals surface area contributed by atoms with E-state index in [1.54, 1.807) is 0 Å². The molecule has 0 aliphatic heterocycles. The molecule has 0 bridgehead atoms. The van der Waals surface area contributed by atoms with Crippen LogP contribution in [-0.2, 0) is 0 Å². The fraction of sp³-hybridized carbons (Fsp3) is 0. The molecule has 0 atom stereocenters. The molecule has 24 heavy (non-hydrogen) atoms. The van der Waals surface area contributed by atoms with Gasteiger partial charge in [0.2, 0.25) is 0 Å². The van der Waals surface area contributed by atoms with E-state index in [4.69, 9.17) is 8.83 Å². The SMILES string of the molecule is C(=Cc1ccc(-c2ccccc2)o1)c1ccc(-c2ccccc2)o1. The van der Waals surface area contributed by atoms with Crippen LogP contribution in [0.2, 0.25) is 0 Å². The smallest absolute Gasteiger partial charge is 0.134 e. The molecule has 4 aromatic rings. The Labute approximate surface area is 140 Å². The summed E-state index contributed by atoms with van der Waals surface area (Å²) in [5, 5.41) is 0. The highest BCUT2D eigenvalue weighted by Crippen LogP contribution is 2.25. The maximum atomic E-state index is 5.85. The third-order valence-corrected chi connectivity index (χ3v) is 3.78. The van der Waals surface area contributed by atoms with Crippen LogP contribution in [0, 0.1) is 0 Å². The molecule has 116 valence electrons. The van der Waals surface area contributed by atoms with E-state index < -0.39 is 0 Å². The van der Waals surface area contributed by atoms with Crippen molar-refractivity contribution in [3.8, 4) is 22.6 Å². The lowest BCUT2D eigenvalue weighted by Gasteiger charge is -1.95. The molecule has 0 N–H and O–H groups in total. The normalized spacial score (nSPS) is 11.2. The lowest BCUT2D eigenvalue weighted by atomic mass is 10.2. The van der Waals surface area contributed by atoms with Gasteiger partial charge in [0.05, 0.1) is 0 Å². The van der Waals surface area contributed by atoms with Crippen molar-refractivity contribution in [1.29, 1.82) is 0 Å². The maximum absolute atomic E-state index is 5.85. The van der Waals surface area contributed by atoms with Crippen molar-refractivity contribution in [3.05, 3.63) is 96.4 Å². The van der Waals surface area contributed by atoms with Gasteiger partial charge in [-0.2, -0.15) is 0 Å². The predicted molar refractivity (Wildman–Crippen MR) is 97.2 cm³/mol. The van der Waals surface area contributed by atoms with E-state index in [0.717, 1.165) is 34.2 Å². The number of hydrogen-bond donors (Lipinski definition) is 0. The first-order chi connectivity index (χ1) is 11.9. The van der Waals surface area contributed by atoms with Crippen LogP contribution in [0.3, 0.4) is 0 Å². The van der Waals surface area contributed by atoms with E-state index in [9.17, 15) is 0 Å². The van der Waals surface area contributed by atoms with Crippen molar-refractivity contribution in [2.24, 2.45) is 0 Å². The second-order valence-corrected chi connectivity index (χ2v) is 5.47. The average molecular weight is 312 g/mol. The molecule has 4 rings (SSSR count). The third kappa shape index (κ3) is 3.08. The molecule has 0 aliphatic carbocycles. The van der Waals surface area contributed by atoms with Crippen LogP contribution < -0.4 is 0 Å². The number of furan rings is 2. The Kier molecular flexibility index (Phi) is 3.86. The molecule has 0 spiro atoms. The first-order valence-electron chi connectivity index (χ1n) is 7.87. The van der Waals surface area contributed by atoms with E-state index in [-0.39, 0.29) is 0 Å². The standard InChI is InChI=1S/C22H16O2/c1-3-7-17(8-4-1)21-15-13-19(23-21)11-12-20-14-16-22(24-20)18-9-5-2-6-10-18/h1-16H. The minimum Gasteiger partial charge on any atom is -0.457 e. The van der Waals surface area contributed by atoms with Crippen LogP contribution >= 0.6 is 0 Å². The highest BCUT2D eigenvalue weighted by atomic mass is 16.3. The average Bonchev–Trinajstić information content (AvgIpc) is 3.31. The van der Waals surface area contributed by atoms with Gasteiger partial charge in [0.15, 0.2) is 0 Å². The van der Waals surface area contributed by atoms with E-state index >= 15 is 0 Å². The van der Waals surface area contributed by atoms with Gasteiger partial charge in [0, 0.05) is 11.1 Å². The van der Waals surface area contributed by atoms with Gasteiger partial charge in [0.25, 0.3) is 0 Å². The molecule has 2 aromatic carbocycles. The van der Waals surface area contributed by atoms with Crippen molar-refractivity contribution < 1.29 is 8.83 Å². The van der Waals surface area contributed by atoms with Crippen LogP contribution in [0.15, 0.2) is 93.8 Å². The molecule has 0 unspecified atom stereocenters. The Balaban J connectivity index is 1.52. The molecular weight excluding hydrogens is 296 g/mol. The zero-order valence-corrected chi connectivity index (χ0v) is 13.1. The van der Waals surface area contributed by atoms with Gasteiger partial charge >= 0.3 is 0 Å². The lowest BCUT2D eigenvalue weighted by molar-refractivity contribution is 0.567. The Morgan fingerprint density at radius 2 is 0.875 bits per heavy atom. The zero-order valence-electron chi connectivity index (χ0n) is 13.1. The van der Waals surface area contributed by atoms with Gasteiger partial charge in [-0.25, -0.2) is 0 Å². The van der Waals surface area contributed by atoms with E-state index in [0.29, 0.717) is 0 Å².